The number of carbonyl (C=O) groups excluding carboxylic acids is 1. The summed E-state index contributed by atoms with van der Waals surface area (Å²) < 4.78 is 11.6. The number of urea groups is 1. The summed E-state index contributed by atoms with van der Waals surface area (Å²) in [6.45, 7) is -0.305. The largest absolute Gasteiger partial charge is 0.345 e. The van der Waals surface area contributed by atoms with Crippen LogP contribution in [0.3, 0.4) is 0 Å². The van der Waals surface area contributed by atoms with Crippen LogP contribution in [0.2, 0.25) is 0 Å². The van der Waals surface area contributed by atoms with Crippen molar-refractivity contribution in [1.82, 2.24) is 10.4 Å². The highest BCUT2D eigenvalue weighted by molar-refractivity contribution is 5.75. The average molecular weight is 160 g/mol. The van der Waals surface area contributed by atoms with Crippen molar-refractivity contribution < 1.29 is 14.0 Å². The molecule has 0 aliphatic carbocycles. The monoisotopic (exact) mass is 160 g/mol. The molecular formula is C6H9FN2O2. The van der Waals surface area contributed by atoms with E-state index < -0.39 is 6.67 Å². The molecule has 11 heavy (non-hydrogen) atoms. The van der Waals surface area contributed by atoms with E-state index in [9.17, 15) is 9.18 Å². The predicted octanol–water partition coefficient (Wildman–Crippen LogP) is 0.426. The Labute approximate surface area is 63.6 Å². The second kappa shape index (κ2) is 3.92. The Bertz CT molecular complexity index is 172. The van der Waals surface area contributed by atoms with E-state index in [0.717, 1.165) is 5.06 Å². The van der Waals surface area contributed by atoms with Crippen molar-refractivity contribution in [1.29, 1.82) is 0 Å². The van der Waals surface area contributed by atoms with Gasteiger partial charge in [0.1, 0.15) is 13.3 Å². The summed E-state index contributed by atoms with van der Waals surface area (Å²) in [4.78, 5) is 15.6. The molecule has 2 amide bonds. The van der Waals surface area contributed by atoms with Crippen LogP contribution < -0.4 is 5.32 Å². The van der Waals surface area contributed by atoms with Crippen molar-refractivity contribution >= 4 is 6.03 Å². The van der Waals surface area contributed by atoms with E-state index in [2.05, 4.69) is 5.32 Å². The van der Waals surface area contributed by atoms with Gasteiger partial charge in [0.05, 0.1) is 6.54 Å². The highest BCUT2D eigenvalue weighted by Gasteiger charge is 2.13. The normalized spacial score (nSPS) is 16.8. The number of nitrogens with one attached hydrogen (secondary N) is 1. The fourth-order valence-electron chi connectivity index (χ4n) is 0.690. The Morgan fingerprint density at radius 1 is 1.82 bits per heavy atom. The second-order valence-electron chi connectivity index (χ2n) is 1.94. The summed E-state index contributed by atoms with van der Waals surface area (Å²) in [7, 11) is 0. The van der Waals surface area contributed by atoms with Gasteiger partial charge >= 0.3 is 6.03 Å². The molecule has 1 rings (SSSR count). The first-order valence-corrected chi connectivity index (χ1v) is 3.26. The number of hydrogen-bond donors (Lipinski definition) is 1. The standard InChI is InChI=1S/C6H9FN2O2/c7-2-5-11-9-4-1-3-8-6(9)10/h1,3H,2,4-5H2,(H,8,10). The van der Waals surface area contributed by atoms with Gasteiger partial charge in [0.25, 0.3) is 0 Å². The minimum atomic E-state index is -0.590. The first-order chi connectivity index (χ1) is 5.34. The van der Waals surface area contributed by atoms with E-state index in [1.807, 2.05) is 0 Å². The van der Waals surface area contributed by atoms with E-state index >= 15 is 0 Å². The fourth-order valence-corrected chi connectivity index (χ4v) is 0.690. The number of hydroxylamine groups is 2. The molecule has 1 heterocycles. The summed E-state index contributed by atoms with van der Waals surface area (Å²) in [5, 5.41) is 3.47. The fraction of sp³-hybridized carbons (Fsp3) is 0.500. The van der Waals surface area contributed by atoms with Gasteiger partial charge in [0, 0.05) is 6.20 Å². The Balaban J connectivity index is 2.32. The van der Waals surface area contributed by atoms with E-state index in [4.69, 9.17) is 4.84 Å². The van der Waals surface area contributed by atoms with Crippen molar-refractivity contribution in [2.75, 3.05) is 19.8 Å². The first-order valence-electron chi connectivity index (χ1n) is 3.26. The lowest BCUT2D eigenvalue weighted by Gasteiger charge is -2.21. The lowest BCUT2D eigenvalue weighted by Crippen LogP contribution is -2.41. The van der Waals surface area contributed by atoms with Crippen LogP contribution in [0.5, 0.6) is 0 Å². The second-order valence-corrected chi connectivity index (χ2v) is 1.94. The van der Waals surface area contributed by atoms with Crippen LogP contribution in [0.4, 0.5) is 9.18 Å². The Kier molecular flexibility index (Phi) is 2.85. The van der Waals surface area contributed by atoms with Gasteiger partial charge in [-0.3, -0.25) is 4.84 Å². The molecule has 1 aliphatic heterocycles. The lowest BCUT2D eigenvalue weighted by molar-refractivity contribution is -0.113. The molecule has 5 heteroatoms. The number of amides is 2. The van der Waals surface area contributed by atoms with Crippen LogP contribution in [0, 0.1) is 0 Å². The topological polar surface area (TPSA) is 41.6 Å². The summed E-state index contributed by atoms with van der Waals surface area (Å²) >= 11 is 0. The number of alkyl halides is 1. The Morgan fingerprint density at radius 3 is 3.27 bits per heavy atom. The molecule has 1 aliphatic rings. The summed E-state index contributed by atoms with van der Waals surface area (Å²) in [6, 6.07) is -0.360. The molecule has 0 spiro atoms. The van der Waals surface area contributed by atoms with Crippen LogP contribution in [0.15, 0.2) is 12.3 Å². The van der Waals surface area contributed by atoms with Gasteiger partial charge in [-0.2, -0.15) is 5.06 Å². The number of hydrogen-bond acceptors (Lipinski definition) is 2. The summed E-state index contributed by atoms with van der Waals surface area (Å²) in [5.41, 5.74) is 0. The van der Waals surface area contributed by atoms with Crippen LogP contribution in [0.25, 0.3) is 0 Å². The van der Waals surface area contributed by atoms with Crippen molar-refractivity contribution in [3.63, 3.8) is 0 Å². The minimum absolute atomic E-state index is 0.0821. The maximum atomic E-state index is 11.6. The minimum Gasteiger partial charge on any atom is -0.313 e. The molecule has 0 saturated carbocycles. The third-order valence-electron chi connectivity index (χ3n) is 1.15. The van der Waals surface area contributed by atoms with Crippen molar-refractivity contribution in [3.05, 3.63) is 12.3 Å². The number of nitrogens with zero attached hydrogens (tertiary/aromatic N) is 1. The Morgan fingerprint density at radius 2 is 2.64 bits per heavy atom. The van der Waals surface area contributed by atoms with E-state index in [1.165, 1.54) is 6.20 Å². The average Bonchev–Trinajstić information content (AvgIpc) is 2.03. The smallest absolute Gasteiger partial charge is 0.313 e. The van der Waals surface area contributed by atoms with Gasteiger partial charge in [-0.15, -0.1) is 0 Å². The lowest BCUT2D eigenvalue weighted by atomic mass is 10.5. The van der Waals surface area contributed by atoms with E-state index in [0.29, 0.717) is 6.54 Å². The molecule has 0 aromatic heterocycles. The van der Waals surface area contributed by atoms with Crippen LogP contribution in [-0.2, 0) is 4.84 Å². The van der Waals surface area contributed by atoms with Crippen LogP contribution in [-0.4, -0.2) is 30.9 Å². The zero-order valence-electron chi connectivity index (χ0n) is 5.92. The van der Waals surface area contributed by atoms with Crippen molar-refractivity contribution in [3.8, 4) is 0 Å². The molecule has 0 atom stereocenters. The molecule has 0 saturated heterocycles. The maximum absolute atomic E-state index is 11.6. The highest BCUT2D eigenvalue weighted by atomic mass is 19.1. The third-order valence-corrected chi connectivity index (χ3v) is 1.15. The zero-order chi connectivity index (χ0) is 8.10. The molecule has 0 radical (unpaired) electrons. The summed E-state index contributed by atoms with van der Waals surface area (Å²) in [6.07, 6.45) is 3.23. The molecule has 0 aromatic carbocycles. The number of carbonyl (C=O) groups is 1. The van der Waals surface area contributed by atoms with Gasteiger partial charge in [-0.1, -0.05) is 0 Å². The summed E-state index contributed by atoms with van der Waals surface area (Å²) in [5.74, 6) is 0. The van der Waals surface area contributed by atoms with Gasteiger partial charge in [0.2, 0.25) is 0 Å². The van der Waals surface area contributed by atoms with Crippen LogP contribution in [0.1, 0.15) is 0 Å². The SMILES string of the molecule is O=C1NC=CCN1OCCF. The molecule has 0 aromatic rings. The molecule has 1 N–H and O–H groups in total. The quantitative estimate of drug-likeness (QED) is 0.650. The molecule has 0 unspecified atom stereocenters. The number of halogens is 1. The predicted molar refractivity (Wildman–Crippen MR) is 36.3 cm³/mol. The third kappa shape index (κ3) is 2.19. The van der Waals surface area contributed by atoms with Gasteiger partial charge in [0.15, 0.2) is 0 Å². The van der Waals surface area contributed by atoms with Gasteiger partial charge in [-0.05, 0) is 6.08 Å². The van der Waals surface area contributed by atoms with Gasteiger partial charge in [-0.25, -0.2) is 9.18 Å². The van der Waals surface area contributed by atoms with Gasteiger partial charge < -0.3 is 5.32 Å². The van der Waals surface area contributed by atoms with Crippen molar-refractivity contribution in [2.24, 2.45) is 0 Å². The zero-order valence-corrected chi connectivity index (χ0v) is 5.92. The van der Waals surface area contributed by atoms with E-state index in [1.54, 1.807) is 6.08 Å². The Hall–Kier alpha value is -1.10. The maximum Gasteiger partial charge on any atom is 0.345 e. The molecule has 4 nitrogen and oxygen atoms in total. The molecule has 0 fully saturated rings. The van der Waals surface area contributed by atoms with E-state index in [-0.39, 0.29) is 12.6 Å². The molecule has 62 valence electrons. The van der Waals surface area contributed by atoms with Crippen LogP contribution >= 0.6 is 0 Å². The first kappa shape index (κ1) is 8.00. The van der Waals surface area contributed by atoms with Crippen molar-refractivity contribution in [2.45, 2.75) is 0 Å². The molecular weight excluding hydrogens is 151 g/mol. The highest BCUT2D eigenvalue weighted by Crippen LogP contribution is 1.96. The molecule has 0 bridgehead atoms. The number of rotatable bonds is 3.